The number of hydrogen-bond acceptors (Lipinski definition) is 3. The van der Waals surface area contributed by atoms with Gasteiger partial charge in [-0.2, -0.15) is 0 Å². The molecule has 15 heavy (non-hydrogen) atoms. The summed E-state index contributed by atoms with van der Waals surface area (Å²) in [5, 5.41) is 15.5. The van der Waals surface area contributed by atoms with Gasteiger partial charge in [0.2, 0.25) is 0 Å². The molecule has 1 aromatic heterocycles. The number of rotatable bonds is 5. The van der Waals surface area contributed by atoms with Crippen LogP contribution in [0.25, 0.3) is 0 Å². The molecular formula is C12H19NOS. The Morgan fingerprint density at radius 3 is 2.93 bits per heavy atom. The van der Waals surface area contributed by atoms with Crippen molar-refractivity contribution in [1.29, 1.82) is 0 Å². The molecule has 0 unspecified atom stereocenters. The van der Waals surface area contributed by atoms with Gasteiger partial charge in [-0.3, -0.25) is 0 Å². The lowest BCUT2D eigenvalue weighted by Gasteiger charge is -2.37. The van der Waals surface area contributed by atoms with Gasteiger partial charge in [-0.1, -0.05) is 6.07 Å². The second kappa shape index (κ2) is 4.64. The van der Waals surface area contributed by atoms with Gasteiger partial charge in [0.05, 0.1) is 5.60 Å². The van der Waals surface area contributed by atoms with Crippen LogP contribution >= 0.6 is 11.3 Å². The fourth-order valence-corrected chi connectivity index (χ4v) is 2.75. The maximum atomic E-state index is 9.92. The van der Waals surface area contributed by atoms with Crippen molar-refractivity contribution in [3.8, 4) is 0 Å². The molecule has 0 radical (unpaired) electrons. The van der Waals surface area contributed by atoms with Crippen molar-refractivity contribution in [1.82, 2.24) is 5.32 Å². The fourth-order valence-electron chi connectivity index (χ4n) is 1.99. The van der Waals surface area contributed by atoms with E-state index >= 15 is 0 Å². The zero-order valence-electron chi connectivity index (χ0n) is 9.20. The minimum Gasteiger partial charge on any atom is -0.390 e. The van der Waals surface area contributed by atoms with Crippen LogP contribution in [-0.2, 0) is 0 Å². The molecule has 1 aliphatic rings. The first-order valence-electron chi connectivity index (χ1n) is 5.69. The molecule has 2 rings (SSSR count). The average Bonchev–Trinajstić information content (AvgIpc) is 2.67. The normalized spacial score (nSPS) is 20.9. The number of thiophene rings is 1. The molecule has 0 bridgehead atoms. The van der Waals surface area contributed by atoms with Gasteiger partial charge in [-0.05, 0) is 50.6 Å². The molecule has 2 nitrogen and oxygen atoms in total. The molecule has 84 valence electrons. The predicted molar refractivity (Wildman–Crippen MR) is 64.2 cm³/mol. The van der Waals surface area contributed by atoms with E-state index in [0.29, 0.717) is 6.04 Å². The van der Waals surface area contributed by atoms with E-state index in [9.17, 15) is 5.11 Å². The van der Waals surface area contributed by atoms with E-state index in [2.05, 4.69) is 29.8 Å². The van der Waals surface area contributed by atoms with E-state index < -0.39 is 0 Å². The molecule has 1 fully saturated rings. The van der Waals surface area contributed by atoms with Crippen LogP contribution in [0.4, 0.5) is 0 Å². The molecule has 1 aromatic rings. The summed E-state index contributed by atoms with van der Waals surface area (Å²) in [4.78, 5) is 1.37. The maximum Gasteiger partial charge on any atom is 0.0660 e. The smallest absolute Gasteiger partial charge is 0.0660 e. The SMILES string of the molecule is C[C@H](NCCC1(O)CCC1)c1cccs1. The van der Waals surface area contributed by atoms with Crippen molar-refractivity contribution >= 4 is 11.3 Å². The minimum absolute atomic E-state index is 0.345. The lowest BCUT2D eigenvalue weighted by molar-refractivity contribution is -0.0398. The summed E-state index contributed by atoms with van der Waals surface area (Å²) in [5.74, 6) is 0. The van der Waals surface area contributed by atoms with Gasteiger partial charge in [-0.15, -0.1) is 11.3 Å². The second-order valence-corrected chi connectivity index (χ2v) is 5.50. The van der Waals surface area contributed by atoms with Gasteiger partial charge in [-0.25, -0.2) is 0 Å². The van der Waals surface area contributed by atoms with Crippen LogP contribution in [0.5, 0.6) is 0 Å². The van der Waals surface area contributed by atoms with Crippen molar-refractivity contribution in [3.63, 3.8) is 0 Å². The Balaban J connectivity index is 1.69. The van der Waals surface area contributed by atoms with Crippen LogP contribution in [-0.4, -0.2) is 17.3 Å². The Bertz CT molecular complexity index is 293. The molecule has 1 atom stereocenters. The third-order valence-corrected chi connectivity index (χ3v) is 4.35. The molecule has 0 aliphatic heterocycles. The summed E-state index contributed by atoms with van der Waals surface area (Å²) in [6.07, 6.45) is 4.06. The van der Waals surface area contributed by atoms with E-state index in [1.165, 1.54) is 11.3 Å². The summed E-state index contributed by atoms with van der Waals surface area (Å²) in [6, 6.07) is 4.64. The van der Waals surface area contributed by atoms with Crippen molar-refractivity contribution < 1.29 is 5.11 Å². The maximum absolute atomic E-state index is 9.92. The highest BCUT2D eigenvalue weighted by atomic mass is 32.1. The van der Waals surface area contributed by atoms with Gasteiger partial charge in [0.15, 0.2) is 0 Å². The molecule has 1 saturated carbocycles. The molecule has 0 aromatic carbocycles. The van der Waals surface area contributed by atoms with Gasteiger partial charge in [0, 0.05) is 10.9 Å². The first kappa shape index (κ1) is 11.1. The van der Waals surface area contributed by atoms with Crippen LogP contribution in [0.15, 0.2) is 17.5 Å². The Hall–Kier alpha value is -0.380. The predicted octanol–water partition coefficient (Wildman–Crippen LogP) is 2.70. The number of hydrogen-bond donors (Lipinski definition) is 2. The summed E-state index contributed by atoms with van der Waals surface area (Å²) in [6.45, 7) is 3.09. The van der Waals surface area contributed by atoms with Crippen LogP contribution < -0.4 is 5.32 Å². The molecule has 2 N–H and O–H groups in total. The molecular weight excluding hydrogens is 206 g/mol. The zero-order chi connectivity index (χ0) is 10.7. The molecule has 1 aliphatic carbocycles. The lowest BCUT2D eigenvalue weighted by atomic mass is 9.78. The van der Waals surface area contributed by atoms with Gasteiger partial charge in [0.1, 0.15) is 0 Å². The third kappa shape index (κ3) is 2.80. The minimum atomic E-state index is -0.345. The van der Waals surface area contributed by atoms with Crippen LogP contribution in [0, 0.1) is 0 Å². The largest absolute Gasteiger partial charge is 0.390 e. The zero-order valence-corrected chi connectivity index (χ0v) is 10.0. The Kier molecular flexibility index (Phi) is 3.44. The molecule has 0 saturated heterocycles. The highest BCUT2D eigenvalue weighted by Crippen LogP contribution is 2.34. The summed E-state index contributed by atoms with van der Waals surface area (Å²) in [5.41, 5.74) is -0.345. The lowest BCUT2D eigenvalue weighted by Crippen LogP contribution is -2.39. The Labute approximate surface area is 95.3 Å². The van der Waals surface area contributed by atoms with Gasteiger partial charge < -0.3 is 10.4 Å². The Morgan fingerprint density at radius 1 is 1.60 bits per heavy atom. The second-order valence-electron chi connectivity index (χ2n) is 4.52. The number of nitrogens with one attached hydrogen (secondary N) is 1. The molecule has 3 heteroatoms. The van der Waals surface area contributed by atoms with Crippen LogP contribution in [0.1, 0.15) is 43.5 Å². The van der Waals surface area contributed by atoms with Gasteiger partial charge >= 0.3 is 0 Å². The first-order valence-corrected chi connectivity index (χ1v) is 6.57. The number of aliphatic hydroxyl groups is 1. The van der Waals surface area contributed by atoms with E-state index in [1.807, 2.05) is 0 Å². The quantitative estimate of drug-likeness (QED) is 0.807. The van der Waals surface area contributed by atoms with Crippen molar-refractivity contribution in [3.05, 3.63) is 22.4 Å². The topological polar surface area (TPSA) is 32.3 Å². The Morgan fingerprint density at radius 2 is 2.40 bits per heavy atom. The first-order chi connectivity index (χ1) is 7.20. The van der Waals surface area contributed by atoms with Crippen molar-refractivity contribution in [2.75, 3.05) is 6.54 Å². The van der Waals surface area contributed by atoms with Crippen LogP contribution in [0.2, 0.25) is 0 Å². The van der Waals surface area contributed by atoms with E-state index in [-0.39, 0.29) is 5.60 Å². The summed E-state index contributed by atoms with van der Waals surface area (Å²) in [7, 11) is 0. The third-order valence-electron chi connectivity index (χ3n) is 3.30. The highest BCUT2D eigenvalue weighted by Gasteiger charge is 2.33. The van der Waals surface area contributed by atoms with E-state index in [1.54, 1.807) is 11.3 Å². The van der Waals surface area contributed by atoms with Crippen LogP contribution in [0.3, 0.4) is 0 Å². The molecule has 0 amide bonds. The van der Waals surface area contributed by atoms with Crippen molar-refractivity contribution in [2.45, 2.75) is 44.2 Å². The average molecular weight is 225 g/mol. The molecule has 0 spiro atoms. The standard InChI is InChI=1S/C12H19NOS/c1-10(11-4-2-9-15-11)13-8-7-12(14)5-3-6-12/h2,4,9-10,13-14H,3,5-8H2,1H3/t10-/m0/s1. The highest BCUT2D eigenvalue weighted by molar-refractivity contribution is 7.10. The van der Waals surface area contributed by atoms with E-state index in [0.717, 1.165) is 25.8 Å². The summed E-state index contributed by atoms with van der Waals surface area (Å²) >= 11 is 1.78. The molecule has 1 heterocycles. The van der Waals surface area contributed by atoms with Gasteiger partial charge in [0.25, 0.3) is 0 Å². The monoisotopic (exact) mass is 225 g/mol. The fraction of sp³-hybridized carbons (Fsp3) is 0.667. The van der Waals surface area contributed by atoms with Crippen molar-refractivity contribution in [2.24, 2.45) is 0 Å². The summed E-state index contributed by atoms with van der Waals surface area (Å²) < 4.78 is 0. The van der Waals surface area contributed by atoms with E-state index in [4.69, 9.17) is 0 Å².